The molecule has 7 nitrogen and oxygen atoms in total. The molecule has 0 aliphatic carbocycles. The van der Waals surface area contributed by atoms with Crippen molar-refractivity contribution < 1.29 is 18.4 Å². The van der Waals surface area contributed by atoms with E-state index in [1.165, 1.54) is 15.6 Å². The standard InChI is InChI=1S/C17H19F2N5O2/c1-10-14(15(25)23-7-6-20-16(26)17(23,2)3)21-22-24(10)9-11-4-5-12(18)8-13(11)19/h4-5,8H,6-7,9H2,1-3H3,(H,20,26). The van der Waals surface area contributed by atoms with Gasteiger partial charge in [-0.3, -0.25) is 9.59 Å². The zero-order valence-corrected chi connectivity index (χ0v) is 14.7. The maximum absolute atomic E-state index is 13.8. The minimum absolute atomic E-state index is 0.0160. The first kappa shape index (κ1) is 18.0. The van der Waals surface area contributed by atoms with Gasteiger partial charge in [-0.2, -0.15) is 0 Å². The lowest BCUT2D eigenvalue weighted by Crippen LogP contribution is -2.63. The summed E-state index contributed by atoms with van der Waals surface area (Å²) in [6.45, 7) is 5.70. The quantitative estimate of drug-likeness (QED) is 0.890. The number of hydrogen-bond acceptors (Lipinski definition) is 4. The molecule has 2 amide bonds. The summed E-state index contributed by atoms with van der Waals surface area (Å²) < 4.78 is 28.3. The van der Waals surface area contributed by atoms with E-state index in [-0.39, 0.29) is 23.7 Å². The van der Waals surface area contributed by atoms with Gasteiger partial charge < -0.3 is 10.2 Å². The number of benzene rings is 1. The minimum Gasteiger partial charge on any atom is -0.352 e. The summed E-state index contributed by atoms with van der Waals surface area (Å²) in [6, 6.07) is 3.28. The highest BCUT2D eigenvalue weighted by Gasteiger charge is 2.42. The average Bonchev–Trinajstić information content (AvgIpc) is 2.93. The van der Waals surface area contributed by atoms with E-state index < -0.39 is 23.1 Å². The third kappa shape index (κ3) is 3.04. The molecule has 1 fully saturated rings. The van der Waals surface area contributed by atoms with Gasteiger partial charge in [0.25, 0.3) is 5.91 Å². The van der Waals surface area contributed by atoms with Gasteiger partial charge in [0.15, 0.2) is 5.69 Å². The number of carbonyl (C=O) groups is 2. The van der Waals surface area contributed by atoms with Gasteiger partial charge in [-0.15, -0.1) is 5.10 Å². The molecule has 2 heterocycles. The molecule has 9 heteroatoms. The first-order chi connectivity index (χ1) is 12.2. The van der Waals surface area contributed by atoms with Crippen LogP contribution in [0.5, 0.6) is 0 Å². The second kappa shape index (κ2) is 6.47. The van der Waals surface area contributed by atoms with Gasteiger partial charge in [0.2, 0.25) is 5.91 Å². The highest BCUT2D eigenvalue weighted by molar-refractivity contribution is 5.99. The minimum atomic E-state index is -1.01. The smallest absolute Gasteiger partial charge is 0.277 e. The van der Waals surface area contributed by atoms with E-state index in [0.717, 1.165) is 12.1 Å². The third-order valence-electron chi connectivity index (χ3n) is 4.62. The van der Waals surface area contributed by atoms with Gasteiger partial charge in [0, 0.05) is 24.7 Å². The van der Waals surface area contributed by atoms with E-state index in [1.54, 1.807) is 20.8 Å². The van der Waals surface area contributed by atoms with Crippen LogP contribution in [0.3, 0.4) is 0 Å². The van der Waals surface area contributed by atoms with Crippen molar-refractivity contribution in [1.82, 2.24) is 25.2 Å². The van der Waals surface area contributed by atoms with Crippen molar-refractivity contribution in [1.29, 1.82) is 0 Å². The van der Waals surface area contributed by atoms with Crippen molar-refractivity contribution in [2.45, 2.75) is 32.9 Å². The van der Waals surface area contributed by atoms with Crippen molar-refractivity contribution in [3.8, 4) is 0 Å². The lowest BCUT2D eigenvalue weighted by atomic mass is 9.98. The average molecular weight is 363 g/mol. The van der Waals surface area contributed by atoms with Gasteiger partial charge in [-0.1, -0.05) is 11.3 Å². The maximum atomic E-state index is 13.8. The lowest BCUT2D eigenvalue weighted by molar-refractivity contribution is -0.133. The van der Waals surface area contributed by atoms with E-state index in [9.17, 15) is 18.4 Å². The summed E-state index contributed by atoms with van der Waals surface area (Å²) in [7, 11) is 0. The molecule has 0 saturated carbocycles. The molecule has 138 valence electrons. The van der Waals surface area contributed by atoms with E-state index in [4.69, 9.17) is 0 Å². The van der Waals surface area contributed by atoms with Crippen molar-refractivity contribution in [3.05, 3.63) is 46.8 Å². The number of nitrogens with one attached hydrogen (secondary N) is 1. The number of rotatable bonds is 3. The fourth-order valence-corrected chi connectivity index (χ4v) is 2.90. The number of halogens is 2. The second-order valence-electron chi connectivity index (χ2n) is 6.69. The Hall–Kier alpha value is -2.84. The van der Waals surface area contributed by atoms with Crippen LogP contribution in [0.25, 0.3) is 0 Å². The Morgan fingerprint density at radius 2 is 2.08 bits per heavy atom. The van der Waals surface area contributed by atoms with Crippen LogP contribution in [-0.4, -0.2) is 50.3 Å². The molecule has 0 unspecified atom stereocenters. The molecule has 1 aromatic heterocycles. The molecule has 1 aromatic carbocycles. The molecular weight excluding hydrogens is 344 g/mol. The van der Waals surface area contributed by atoms with Crippen LogP contribution < -0.4 is 5.32 Å². The van der Waals surface area contributed by atoms with Crippen LogP contribution in [-0.2, 0) is 11.3 Å². The highest BCUT2D eigenvalue weighted by Crippen LogP contribution is 2.21. The molecule has 2 aromatic rings. The number of carbonyl (C=O) groups excluding carboxylic acids is 2. The second-order valence-corrected chi connectivity index (χ2v) is 6.69. The van der Waals surface area contributed by atoms with E-state index >= 15 is 0 Å². The monoisotopic (exact) mass is 363 g/mol. The Morgan fingerprint density at radius 1 is 1.35 bits per heavy atom. The number of aromatic nitrogens is 3. The molecule has 1 aliphatic rings. The zero-order chi connectivity index (χ0) is 19.1. The fourth-order valence-electron chi connectivity index (χ4n) is 2.90. The summed E-state index contributed by atoms with van der Waals surface area (Å²) in [5, 5.41) is 10.6. The number of nitrogens with zero attached hydrogens (tertiary/aromatic N) is 4. The van der Waals surface area contributed by atoms with Crippen LogP contribution in [0, 0.1) is 18.6 Å². The number of piperazine rings is 1. The van der Waals surface area contributed by atoms with Crippen LogP contribution in [0.2, 0.25) is 0 Å². The zero-order valence-electron chi connectivity index (χ0n) is 14.7. The molecule has 1 aliphatic heterocycles. The molecule has 0 atom stereocenters. The van der Waals surface area contributed by atoms with Gasteiger partial charge in [-0.05, 0) is 26.8 Å². The molecule has 0 bridgehead atoms. The van der Waals surface area contributed by atoms with E-state index in [0.29, 0.717) is 18.8 Å². The summed E-state index contributed by atoms with van der Waals surface area (Å²) in [4.78, 5) is 26.4. The third-order valence-corrected chi connectivity index (χ3v) is 4.62. The van der Waals surface area contributed by atoms with Crippen LogP contribution in [0.15, 0.2) is 18.2 Å². The summed E-state index contributed by atoms with van der Waals surface area (Å²) >= 11 is 0. The summed E-state index contributed by atoms with van der Waals surface area (Å²) in [5.74, 6) is -2.01. The molecule has 0 spiro atoms. The Kier molecular flexibility index (Phi) is 4.47. The summed E-state index contributed by atoms with van der Waals surface area (Å²) in [6.07, 6.45) is 0. The maximum Gasteiger partial charge on any atom is 0.277 e. The van der Waals surface area contributed by atoms with Crippen molar-refractivity contribution in [2.75, 3.05) is 13.1 Å². The Balaban J connectivity index is 1.86. The largest absolute Gasteiger partial charge is 0.352 e. The van der Waals surface area contributed by atoms with Crippen LogP contribution in [0.1, 0.15) is 35.6 Å². The first-order valence-electron chi connectivity index (χ1n) is 8.16. The van der Waals surface area contributed by atoms with Crippen molar-refractivity contribution in [2.24, 2.45) is 0 Å². The van der Waals surface area contributed by atoms with Gasteiger partial charge in [0.1, 0.15) is 17.2 Å². The van der Waals surface area contributed by atoms with E-state index in [1.807, 2.05) is 0 Å². The number of hydrogen-bond donors (Lipinski definition) is 1. The molecule has 3 rings (SSSR count). The first-order valence-corrected chi connectivity index (χ1v) is 8.16. The molecule has 1 N–H and O–H groups in total. The molecular formula is C17H19F2N5O2. The number of amides is 2. The van der Waals surface area contributed by atoms with E-state index in [2.05, 4.69) is 15.6 Å². The Labute approximate surface area is 149 Å². The fraction of sp³-hybridized carbons (Fsp3) is 0.412. The normalized spacial score (nSPS) is 16.5. The topological polar surface area (TPSA) is 80.1 Å². The molecule has 1 saturated heterocycles. The molecule has 26 heavy (non-hydrogen) atoms. The predicted octanol–water partition coefficient (Wildman–Crippen LogP) is 1.26. The van der Waals surface area contributed by atoms with Crippen molar-refractivity contribution >= 4 is 11.8 Å². The highest BCUT2D eigenvalue weighted by atomic mass is 19.1. The summed E-state index contributed by atoms with van der Waals surface area (Å²) in [5.41, 5.74) is -0.221. The molecule has 0 radical (unpaired) electrons. The van der Waals surface area contributed by atoms with Gasteiger partial charge in [0.05, 0.1) is 12.2 Å². The van der Waals surface area contributed by atoms with Crippen molar-refractivity contribution in [3.63, 3.8) is 0 Å². The van der Waals surface area contributed by atoms with Gasteiger partial charge in [-0.25, -0.2) is 13.5 Å². The van der Waals surface area contributed by atoms with Crippen LogP contribution in [0.4, 0.5) is 8.78 Å². The SMILES string of the molecule is Cc1c(C(=O)N2CCNC(=O)C2(C)C)nnn1Cc1ccc(F)cc1F. The Bertz CT molecular complexity index is 878. The van der Waals surface area contributed by atoms with Gasteiger partial charge >= 0.3 is 0 Å². The predicted molar refractivity (Wildman–Crippen MR) is 88.3 cm³/mol. The lowest BCUT2D eigenvalue weighted by Gasteiger charge is -2.40. The Morgan fingerprint density at radius 3 is 2.77 bits per heavy atom. The van der Waals surface area contributed by atoms with Crippen LogP contribution >= 0.6 is 0 Å².